The molecule has 0 saturated carbocycles. The Morgan fingerprint density at radius 1 is 1.25 bits per heavy atom. The fourth-order valence-corrected chi connectivity index (χ4v) is 2.39. The average Bonchev–Trinajstić information content (AvgIpc) is 2.48. The number of anilines is 3. The Kier molecular flexibility index (Phi) is 4.82. The first-order valence-electron chi connectivity index (χ1n) is 5.73. The van der Waals surface area contributed by atoms with Gasteiger partial charge in [-0.1, -0.05) is 11.8 Å². The number of benzene rings is 1. The molecule has 2 rings (SSSR count). The van der Waals surface area contributed by atoms with E-state index in [0.29, 0.717) is 16.5 Å². The molecular formula is C13H12BrN5S. The largest absolute Gasteiger partial charge is 0.373 e. The van der Waals surface area contributed by atoms with E-state index in [1.165, 1.54) is 11.8 Å². The molecule has 0 aliphatic carbocycles. The maximum absolute atomic E-state index is 8.86. The fraction of sp³-hybridized carbons (Fsp3) is 0.154. The molecule has 0 unspecified atom stereocenters. The molecule has 0 atom stereocenters. The number of aromatic nitrogens is 2. The Bertz CT molecular complexity index is 646. The molecular weight excluding hydrogens is 338 g/mol. The topological polar surface area (TPSA) is 73.6 Å². The van der Waals surface area contributed by atoms with Crippen LogP contribution in [0.15, 0.2) is 33.9 Å². The van der Waals surface area contributed by atoms with Crippen LogP contribution in [0.25, 0.3) is 0 Å². The van der Waals surface area contributed by atoms with E-state index >= 15 is 0 Å². The van der Waals surface area contributed by atoms with Crippen molar-refractivity contribution in [3.05, 3.63) is 34.3 Å². The van der Waals surface area contributed by atoms with Gasteiger partial charge in [-0.05, 0) is 40.4 Å². The van der Waals surface area contributed by atoms with Crippen molar-refractivity contribution in [2.75, 3.05) is 23.9 Å². The minimum Gasteiger partial charge on any atom is -0.373 e. The van der Waals surface area contributed by atoms with Gasteiger partial charge in [0.1, 0.15) is 11.6 Å². The number of nitrogens with zero attached hydrogens (tertiary/aromatic N) is 3. The Hall–Kier alpha value is -1.78. The van der Waals surface area contributed by atoms with Crippen LogP contribution in [0.1, 0.15) is 5.56 Å². The predicted octanol–water partition coefficient (Wildman–Crippen LogP) is 3.62. The molecule has 0 aliphatic rings. The second-order valence-corrected chi connectivity index (χ2v) is 5.43. The van der Waals surface area contributed by atoms with E-state index in [-0.39, 0.29) is 0 Å². The van der Waals surface area contributed by atoms with Crippen molar-refractivity contribution in [1.29, 1.82) is 5.26 Å². The summed E-state index contributed by atoms with van der Waals surface area (Å²) >= 11 is 4.92. The van der Waals surface area contributed by atoms with Gasteiger partial charge in [-0.15, -0.1) is 0 Å². The number of nitrogens with one attached hydrogen (secondary N) is 2. The van der Waals surface area contributed by atoms with Gasteiger partial charge < -0.3 is 10.6 Å². The normalized spacial score (nSPS) is 9.90. The average molecular weight is 350 g/mol. The lowest BCUT2D eigenvalue weighted by Crippen LogP contribution is -2.01. The zero-order valence-electron chi connectivity index (χ0n) is 10.9. The summed E-state index contributed by atoms with van der Waals surface area (Å²) in [6, 6.07) is 9.27. The van der Waals surface area contributed by atoms with Crippen LogP contribution in [0.5, 0.6) is 0 Å². The zero-order chi connectivity index (χ0) is 14.5. The van der Waals surface area contributed by atoms with E-state index in [0.717, 1.165) is 16.0 Å². The standard InChI is InChI=1S/C13H12BrN5S/c1-16-11-6-12(19-13(18-11)20-2)17-10-4-3-8(7-15)5-9(10)14/h3-6H,1-2H3,(H2,16,17,18,19). The summed E-state index contributed by atoms with van der Waals surface area (Å²) in [4.78, 5) is 8.70. The van der Waals surface area contributed by atoms with Gasteiger partial charge in [-0.25, -0.2) is 9.97 Å². The van der Waals surface area contributed by atoms with Crippen molar-refractivity contribution in [1.82, 2.24) is 9.97 Å². The summed E-state index contributed by atoms with van der Waals surface area (Å²) in [6.45, 7) is 0. The molecule has 5 nitrogen and oxygen atoms in total. The van der Waals surface area contributed by atoms with Crippen LogP contribution in [0.2, 0.25) is 0 Å². The molecule has 7 heteroatoms. The van der Waals surface area contributed by atoms with E-state index in [4.69, 9.17) is 5.26 Å². The Balaban J connectivity index is 2.32. The third-order valence-corrected chi connectivity index (χ3v) is 3.71. The summed E-state index contributed by atoms with van der Waals surface area (Å²) in [5.41, 5.74) is 1.45. The Morgan fingerprint density at radius 2 is 2.00 bits per heavy atom. The van der Waals surface area contributed by atoms with Crippen LogP contribution in [-0.4, -0.2) is 23.3 Å². The highest BCUT2D eigenvalue weighted by molar-refractivity contribution is 9.10. The van der Waals surface area contributed by atoms with Crippen LogP contribution in [-0.2, 0) is 0 Å². The molecule has 0 bridgehead atoms. The summed E-state index contributed by atoms with van der Waals surface area (Å²) < 4.78 is 0.812. The summed E-state index contributed by atoms with van der Waals surface area (Å²) in [5, 5.41) is 15.8. The molecule has 102 valence electrons. The van der Waals surface area contributed by atoms with Gasteiger partial charge in [0.05, 0.1) is 17.3 Å². The van der Waals surface area contributed by atoms with Gasteiger partial charge in [0.15, 0.2) is 5.16 Å². The molecule has 0 saturated heterocycles. The van der Waals surface area contributed by atoms with Crippen molar-refractivity contribution in [3.8, 4) is 6.07 Å². The molecule has 1 aromatic carbocycles. The van der Waals surface area contributed by atoms with Gasteiger partial charge >= 0.3 is 0 Å². The molecule has 2 N–H and O–H groups in total. The molecule has 20 heavy (non-hydrogen) atoms. The zero-order valence-corrected chi connectivity index (χ0v) is 13.3. The number of hydrogen-bond donors (Lipinski definition) is 2. The monoisotopic (exact) mass is 349 g/mol. The van der Waals surface area contributed by atoms with E-state index in [2.05, 4.69) is 42.6 Å². The second-order valence-electron chi connectivity index (χ2n) is 3.81. The fourth-order valence-electron chi connectivity index (χ4n) is 1.53. The van der Waals surface area contributed by atoms with E-state index < -0.39 is 0 Å². The van der Waals surface area contributed by atoms with E-state index in [1.54, 1.807) is 12.1 Å². The molecule has 2 aromatic rings. The minimum absolute atomic E-state index is 0.603. The first kappa shape index (κ1) is 14.6. The lowest BCUT2D eigenvalue weighted by atomic mass is 10.2. The van der Waals surface area contributed by atoms with Crippen LogP contribution >= 0.6 is 27.7 Å². The summed E-state index contributed by atoms with van der Waals surface area (Å²) in [6.07, 6.45) is 1.93. The number of rotatable bonds is 4. The van der Waals surface area contributed by atoms with Gasteiger partial charge in [0, 0.05) is 17.6 Å². The first-order valence-corrected chi connectivity index (χ1v) is 7.75. The molecule has 0 spiro atoms. The maximum atomic E-state index is 8.86. The van der Waals surface area contributed by atoms with Crippen LogP contribution in [0.4, 0.5) is 17.3 Å². The number of thioether (sulfide) groups is 1. The molecule has 0 radical (unpaired) electrons. The Morgan fingerprint density at radius 3 is 2.60 bits per heavy atom. The van der Waals surface area contributed by atoms with E-state index in [1.807, 2.05) is 25.4 Å². The second kappa shape index (κ2) is 6.59. The van der Waals surface area contributed by atoms with Crippen molar-refractivity contribution in [2.24, 2.45) is 0 Å². The summed E-state index contributed by atoms with van der Waals surface area (Å²) in [5.74, 6) is 1.44. The van der Waals surface area contributed by atoms with Crippen LogP contribution < -0.4 is 10.6 Å². The molecule has 1 aromatic heterocycles. The quantitative estimate of drug-likeness (QED) is 0.648. The smallest absolute Gasteiger partial charge is 0.191 e. The van der Waals surface area contributed by atoms with Crippen molar-refractivity contribution < 1.29 is 0 Å². The van der Waals surface area contributed by atoms with Crippen LogP contribution in [0, 0.1) is 11.3 Å². The number of nitriles is 1. The van der Waals surface area contributed by atoms with Crippen molar-refractivity contribution >= 4 is 45.0 Å². The highest BCUT2D eigenvalue weighted by Gasteiger charge is 2.06. The molecule has 0 aliphatic heterocycles. The van der Waals surface area contributed by atoms with Crippen LogP contribution in [0.3, 0.4) is 0 Å². The highest BCUT2D eigenvalue weighted by Crippen LogP contribution is 2.27. The van der Waals surface area contributed by atoms with Crippen molar-refractivity contribution in [3.63, 3.8) is 0 Å². The SMILES string of the molecule is CNc1cc(Nc2ccc(C#N)cc2Br)nc(SC)n1. The number of halogens is 1. The maximum Gasteiger partial charge on any atom is 0.191 e. The number of hydrogen-bond acceptors (Lipinski definition) is 6. The van der Waals surface area contributed by atoms with Gasteiger partial charge in [-0.2, -0.15) is 5.26 Å². The third kappa shape index (κ3) is 3.40. The van der Waals surface area contributed by atoms with Crippen molar-refractivity contribution in [2.45, 2.75) is 5.16 Å². The van der Waals surface area contributed by atoms with Gasteiger partial charge in [0.25, 0.3) is 0 Å². The molecule has 1 heterocycles. The first-order chi connectivity index (χ1) is 9.66. The summed E-state index contributed by atoms with van der Waals surface area (Å²) in [7, 11) is 1.81. The third-order valence-electron chi connectivity index (χ3n) is 2.51. The molecule has 0 fully saturated rings. The van der Waals surface area contributed by atoms with Gasteiger partial charge in [0.2, 0.25) is 0 Å². The lowest BCUT2D eigenvalue weighted by molar-refractivity contribution is 0.977. The van der Waals surface area contributed by atoms with E-state index in [9.17, 15) is 0 Å². The molecule has 0 amide bonds. The Labute approximate surface area is 130 Å². The predicted molar refractivity (Wildman–Crippen MR) is 85.5 cm³/mol. The van der Waals surface area contributed by atoms with Gasteiger partial charge in [-0.3, -0.25) is 0 Å². The lowest BCUT2D eigenvalue weighted by Gasteiger charge is -2.10. The highest BCUT2D eigenvalue weighted by atomic mass is 79.9. The minimum atomic E-state index is 0.603.